The fourth-order valence-electron chi connectivity index (χ4n) is 2.33. The van der Waals surface area contributed by atoms with Crippen molar-refractivity contribution in [3.8, 4) is 11.1 Å². The summed E-state index contributed by atoms with van der Waals surface area (Å²) >= 11 is 0. The van der Waals surface area contributed by atoms with E-state index in [1.807, 2.05) is 0 Å². The molecule has 0 bridgehead atoms. The van der Waals surface area contributed by atoms with Crippen molar-refractivity contribution >= 4 is 0 Å². The molecule has 0 aliphatic heterocycles. The number of aromatic nitrogens is 4. The topological polar surface area (TPSA) is 80.5 Å². The fraction of sp³-hybridized carbons (Fsp3) is 0.188. The van der Waals surface area contributed by atoms with E-state index >= 15 is 0 Å². The molecule has 2 aromatic carbocycles. The Bertz CT molecular complexity index is 704. The monoisotopic (exact) mass is 279 g/mol. The van der Waals surface area contributed by atoms with Crippen molar-refractivity contribution in [2.45, 2.75) is 19.4 Å². The predicted molar refractivity (Wildman–Crippen MR) is 81.4 cm³/mol. The number of hydrogen-bond acceptors (Lipinski definition) is 4. The van der Waals surface area contributed by atoms with Crippen LogP contribution in [0.1, 0.15) is 23.0 Å². The standard InChI is InChI=1S/C16H17N5/c1-11-3-2-4-14(9-11)13-7-5-12(6-8-13)10-15(17)16-18-20-21-19-16/h2-9,15H,10,17H2,1H3,(H,18,19,20,21). The number of hydrogen-bond donors (Lipinski definition) is 2. The quantitative estimate of drug-likeness (QED) is 0.768. The summed E-state index contributed by atoms with van der Waals surface area (Å²) in [6.07, 6.45) is 0.688. The Morgan fingerprint density at radius 2 is 1.90 bits per heavy atom. The molecule has 0 radical (unpaired) electrons. The highest BCUT2D eigenvalue weighted by atomic mass is 15.5. The summed E-state index contributed by atoms with van der Waals surface area (Å²) in [5.41, 5.74) is 10.9. The Morgan fingerprint density at radius 1 is 1.10 bits per heavy atom. The summed E-state index contributed by atoms with van der Waals surface area (Å²) < 4.78 is 0. The molecule has 0 aliphatic rings. The highest BCUT2D eigenvalue weighted by Gasteiger charge is 2.11. The number of benzene rings is 2. The Labute approximate surface area is 123 Å². The third-order valence-corrected chi connectivity index (χ3v) is 3.45. The van der Waals surface area contributed by atoms with E-state index in [-0.39, 0.29) is 6.04 Å². The van der Waals surface area contributed by atoms with E-state index in [9.17, 15) is 0 Å². The maximum atomic E-state index is 6.06. The van der Waals surface area contributed by atoms with E-state index < -0.39 is 0 Å². The third-order valence-electron chi connectivity index (χ3n) is 3.45. The van der Waals surface area contributed by atoms with Crippen LogP contribution in [0, 0.1) is 6.92 Å². The first-order valence-corrected chi connectivity index (χ1v) is 6.87. The van der Waals surface area contributed by atoms with E-state index in [0.717, 1.165) is 5.56 Å². The smallest absolute Gasteiger partial charge is 0.191 e. The van der Waals surface area contributed by atoms with Crippen LogP contribution in [0.3, 0.4) is 0 Å². The molecule has 0 saturated carbocycles. The second-order valence-electron chi connectivity index (χ2n) is 5.15. The van der Waals surface area contributed by atoms with Crippen molar-refractivity contribution in [1.29, 1.82) is 0 Å². The number of rotatable bonds is 4. The van der Waals surface area contributed by atoms with Gasteiger partial charge in [0.15, 0.2) is 5.82 Å². The van der Waals surface area contributed by atoms with Gasteiger partial charge in [-0.05, 0) is 30.0 Å². The van der Waals surface area contributed by atoms with E-state index in [2.05, 4.69) is 76.1 Å². The number of H-pyrrole nitrogens is 1. The van der Waals surface area contributed by atoms with Gasteiger partial charge in [-0.25, -0.2) is 0 Å². The molecular weight excluding hydrogens is 262 g/mol. The van der Waals surface area contributed by atoms with Crippen LogP contribution >= 0.6 is 0 Å². The molecule has 21 heavy (non-hydrogen) atoms. The third kappa shape index (κ3) is 3.14. The lowest BCUT2D eigenvalue weighted by Gasteiger charge is -2.08. The normalized spacial score (nSPS) is 12.3. The van der Waals surface area contributed by atoms with Crippen molar-refractivity contribution in [3.05, 3.63) is 65.5 Å². The van der Waals surface area contributed by atoms with E-state index in [4.69, 9.17) is 5.73 Å². The Hall–Kier alpha value is -2.53. The van der Waals surface area contributed by atoms with Gasteiger partial charge in [0, 0.05) is 0 Å². The average molecular weight is 279 g/mol. The summed E-state index contributed by atoms with van der Waals surface area (Å²) in [6, 6.07) is 16.7. The molecule has 1 unspecified atom stereocenters. The van der Waals surface area contributed by atoms with Crippen molar-refractivity contribution in [2.75, 3.05) is 0 Å². The second kappa shape index (κ2) is 5.85. The molecule has 106 valence electrons. The SMILES string of the molecule is Cc1cccc(-c2ccc(CC(N)c3nn[nH]n3)cc2)c1. The molecule has 3 N–H and O–H groups in total. The van der Waals surface area contributed by atoms with Crippen LogP contribution in [0.15, 0.2) is 48.5 Å². The van der Waals surface area contributed by atoms with Gasteiger partial charge in [-0.15, -0.1) is 10.2 Å². The van der Waals surface area contributed by atoms with Crippen molar-refractivity contribution in [3.63, 3.8) is 0 Å². The molecule has 0 amide bonds. The zero-order chi connectivity index (χ0) is 14.7. The first-order chi connectivity index (χ1) is 10.2. The second-order valence-corrected chi connectivity index (χ2v) is 5.15. The lowest BCUT2D eigenvalue weighted by Crippen LogP contribution is -2.15. The number of aryl methyl sites for hydroxylation is 1. The van der Waals surface area contributed by atoms with Gasteiger partial charge in [0.2, 0.25) is 0 Å². The molecule has 0 spiro atoms. The molecule has 3 aromatic rings. The lowest BCUT2D eigenvalue weighted by molar-refractivity contribution is 0.669. The van der Waals surface area contributed by atoms with Crippen LogP contribution in [0.5, 0.6) is 0 Å². The lowest BCUT2D eigenvalue weighted by atomic mass is 10.00. The van der Waals surface area contributed by atoms with Gasteiger partial charge in [0.25, 0.3) is 0 Å². The van der Waals surface area contributed by atoms with Gasteiger partial charge in [-0.1, -0.05) is 59.3 Å². The zero-order valence-electron chi connectivity index (χ0n) is 11.8. The minimum Gasteiger partial charge on any atom is -0.321 e. The molecule has 5 nitrogen and oxygen atoms in total. The van der Waals surface area contributed by atoms with E-state index in [0.29, 0.717) is 12.2 Å². The summed E-state index contributed by atoms with van der Waals surface area (Å²) in [5.74, 6) is 0.540. The maximum Gasteiger partial charge on any atom is 0.191 e. The van der Waals surface area contributed by atoms with E-state index in [1.54, 1.807) is 0 Å². The van der Waals surface area contributed by atoms with Crippen LogP contribution in [0.25, 0.3) is 11.1 Å². The fourth-order valence-corrected chi connectivity index (χ4v) is 2.33. The van der Waals surface area contributed by atoms with Gasteiger partial charge in [0.1, 0.15) is 0 Å². The molecule has 1 atom stereocenters. The van der Waals surface area contributed by atoms with Crippen LogP contribution < -0.4 is 5.73 Å². The van der Waals surface area contributed by atoms with Crippen molar-refractivity contribution in [1.82, 2.24) is 20.6 Å². The molecule has 0 aliphatic carbocycles. The predicted octanol–water partition coefficient (Wildman–Crippen LogP) is 2.42. The largest absolute Gasteiger partial charge is 0.321 e. The Kier molecular flexibility index (Phi) is 3.75. The summed E-state index contributed by atoms with van der Waals surface area (Å²) in [7, 11) is 0. The number of tetrazole rings is 1. The molecule has 1 heterocycles. The highest BCUT2D eigenvalue weighted by Crippen LogP contribution is 2.22. The zero-order valence-corrected chi connectivity index (χ0v) is 11.8. The van der Waals surface area contributed by atoms with Crippen LogP contribution in [0.4, 0.5) is 0 Å². The molecular formula is C16H17N5. The summed E-state index contributed by atoms with van der Waals surface area (Å²) in [5, 5.41) is 13.8. The van der Waals surface area contributed by atoms with Gasteiger partial charge < -0.3 is 5.73 Å². The minimum atomic E-state index is -0.242. The van der Waals surface area contributed by atoms with Crippen LogP contribution in [0.2, 0.25) is 0 Å². The number of nitrogens with zero attached hydrogens (tertiary/aromatic N) is 3. The molecule has 3 rings (SSSR count). The maximum absolute atomic E-state index is 6.06. The van der Waals surface area contributed by atoms with Gasteiger partial charge in [-0.3, -0.25) is 0 Å². The van der Waals surface area contributed by atoms with Crippen molar-refractivity contribution in [2.24, 2.45) is 5.73 Å². The molecule has 5 heteroatoms. The number of nitrogens with two attached hydrogens (primary N) is 1. The average Bonchev–Trinajstić information content (AvgIpc) is 3.02. The Morgan fingerprint density at radius 3 is 2.57 bits per heavy atom. The summed E-state index contributed by atoms with van der Waals surface area (Å²) in [4.78, 5) is 0. The summed E-state index contributed by atoms with van der Waals surface area (Å²) in [6.45, 7) is 2.10. The molecule has 1 aromatic heterocycles. The molecule has 0 saturated heterocycles. The Balaban J connectivity index is 1.75. The van der Waals surface area contributed by atoms with Gasteiger partial charge in [-0.2, -0.15) is 5.21 Å². The highest BCUT2D eigenvalue weighted by molar-refractivity contribution is 5.64. The van der Waals surface area contributed by atoms with Crippen LogP contribution in [-0.4, -0.2) is 20.6 Å². The minimum absolute atomic E-state index is 0.242. The number of aromatic amines is 1. The van der Waals surface area contributed by atoms with Crippen molar-refractivity contribution < 1.29 is 0 Å². The molecule has 0 fully saturated rings. The van der Waals surface area contributed by atoms with Crippen LogP contribution in [-0.2, 0) is 6.42 Å². The van der Waals surface area contributed by atoms with Gasteiger partial charge >= 0.3 is 0 Å². The van der Waals surface area contributed by atoms with E-state index in [1.165, 1.54) is 16.7 Å². The first kappa shape index (κ1) is 13.5. The van der Waals surface area contributed by atoms with Gasteiger partial charge in [0.05, 0.1) is 6.04 Å². The number of nitrogens with one attached hydrogen (secondary N) is 1. The first-order valence-electron chi connectivity index (χ1n) is 6.87.